The lowest BCUT2D eigenvalue weighted by Crippen LogP contribution is -2.35. The van der Waals surface area contributed by atoms with Crippen LogP contribution in [0.5, 0.6) is 11.5 Å². The number of anilines is 1. The highest BCUT2D eigenvalue weighted by Gasteiger charge is 2.27. The van der Waals surface area contributed by atoms with E-state index >= 15 is 0 Å². The van der Waals surface area contributed by atoms with Gasteiger partial charge in [0.15, 0.2) is 6.79 Å². The summed E-state index contributed by atoms with van der Waals surface area (Å²) in [5.74, 6) is 1.34. The monoisotopic (exact) mass is 480 g/mol. The molecule has 2 aromatic rings. The van der Waals surface area contributed by atoms with E-state index in [1.165, 1.54) is 0 Å². The van der Waals surface area contributed by atoms with Gasteiger partial charge >= 0.3 is 0 Å². The van der Waals surface area contributed by atoms with Crippen molar-refractivity contribution in [1.29, 1.82) is 0 Å². The van der Waals surface area contributed by atoms with Crippen molar-refractivity contribution in [2.24, 2.45) is 0 Å². The molecule has 32 heavy (non-hydrogen) atoms. The standard InChI is InChI=1S/C23H29ClN2O5S/c1-16(2)31-22-7-6-20(32(27,28)26-8-4-3-5-9-26)12-21(22)25-13-17-10-19(24)11-18-14-29-15-30-23(17)18/h6-7,10-12,16,25H,3-5,8-9,13-15H2,1-2H3. The van der Waals surface area contributed by atoms with E-state index in [0.29, 0.717) is 42.7 Å². The number of sulfonamides is 1. The van der Waals surface area contributed by atoms with Gasteiger partial charge in [-0.15, -0.1) is 0 Å². The van der Waals surface area contributed by atoms with Crippen molar-refractivity contribution in [2.75, 3.05) is 25.2 Å². The molecule has 0 amide bonds. The summed E-state index contributed by atoms with van der Waals surface area (Å²) >= 11 is 6.29. The maximum Gasteiger partial charge on any atom is 0.243 e. The largest absolute Gasteiger partial charge is 0.489 e. The Kier molecular flexibility index (Phi) is 7.14. The molecule has 0 aliphatic carbocycles. The van der Waals surface area contributed by atoms with Gasteiger partial charge in [0.25, 0.3) is 0 Å². The van der Waals surface area contributed by atoms with Crippen molar-refractivity contribution in [3.63, 3.8) is 0 Å². The molecule has 1 fully saturated rings. The third kappa shape index (κ3) is 5.14. The van der Waals surface area contributed by atoms with E-state index in [2.05, 4.69) is 5.32 Å². The van der Waals surface area contributed by atoms with Crippen LogP contribution in [-0.4, -0.2) is 38.7 Å². The van der Waals surface area contributed by atoms with E-state index in [0.717, 1.165) is 36.1 Å². The molecule has 2 aliphatic heterocycles. The average Bonchev–Trinajstić information content (AvgIpc) is 2.78. The van der Waals surface area contributed by atoms with Crippen molar-refractivity contribution in [3.05, 3.63) is 46.5 Å². The summed E-state index contributed by atoms with van der Waals surface area (Å²) in [5, 5.41) is 3.93. The molecular formula is C23H29ClN2O5S. The van der Waals surface area contributed by atoms with Crippen molar-refractivity contribution < 1.29 is 22.6 Å². The second-order valence-corrected chi connectivity index (χ2v) is 10.7. The molecule has 1 N–H and O–H groups in total. The number of fused-ring (bicyclic) bond motifs is 1. The number of halogens is 1. The van der Waals surface area contributed by atoms with E-state index < -0.39 is 10.0 Å². The van der Waals surface area contributed by atoms with E-state index in [4.69, 9.17) is 25.8 Å². The molecule has 0 aromatic heterocycles. The summed E-state index contributed by atoms with van der Waals surface area (Å²) in [6.07, 6.45) is 2.79. The molecule has 0 bridgehead atoms. The van der Waals surface area contributed by atoms with Crippen LogP contribution in [0.2, 0.25) is 5.02 Å². The maximum absolute atomic E-state index is 13.2. The first-order chi connectivity index (χ1) is 15.3. The first kappa shape index (κ1) is 23.2. The van der Waals surface area contributed by atoms with Crippen LogP contribution >= 0.6 is 11.6 Å². The van der Waals surface area contributed by atoms with Crippen molar-refractivity contribution in [3.8, 4) is 11.5 Å². The first-order valence-electron chi connectivity index (χ1n) is 10.9. The number of nitrogens with zero attached hydrogens (tertiary/aromatic N) is 1. The lowest BCUT2D eigenvalue weighted by molar-refractivity contribution is -0.0169. The second kappa shape index (κ2) is 9.87. The molecule has 0 spiro atoms. The van der Waals surface area contributed by atoms with Gasteiger partial charge in [-0.2, -0.15) is 4.31 Å². The van der Waals surface area contributed by atoms with Gasteiger partial charge in [0.2, 0.25) is 10.0 Å². The number of benzene rings is 2. The third-order valence-corrected chi connectivity index (χ3v) is 7.60. The summed E-state index contributed by atoms with van der Waals surface area (Å²) in [6.45, 7) is 6.01. The summed E-state index contributed by atoms with van der Waals surface area (Å²) < 4.78 is 44.9. The molecule has 0 unspecified atom stereocenters. The molecule has 4 rings (SSSR count). The highest BCUT2D eigenvalue weighted by Crippen LogP contribution is 2.35. The zero-order valence-electron chi connectivity index (χ0n) is 18.4. The SMILES string of the molecule is CC(C)Oc1ccc(S(=O)(=O)N2CCCCC2)cc1NCc1cc(Cl)cc2c1OCOC2. The van der Waals surface area contributed by atoms with Gasteiger partial charge in [-0.25, -0.2) is 8.42 Å². The van der Waals surface area contributed by atoms with Crippen molar-refractivity contribution >= 4 is 27.3 Å². The van der Waals surface area contributed by atoms with Crippen LogP contribution in [0.25, 0.3) is 0 Å². The molecule has 1 saturated heterocycles. The molecule has 0 radical (unpaired) electrons. The van der Waals surface area contributed by atoms with Gasteiger partial charge < -0.3 is 19.5 Å². The fraction of sp³-hybridized carbons (Fsp3) is 0.478. The Hall–Kier alpha value is -2.00. The summed E-state index contributed by atoms with van der Waals surface area (Å²) in [4.78, 5) is 0.260. The Labute approximate surface area is 194 Å². The molecule has 9 heteroatoms. The topological polar surface area (TPSA) is 77.1 Å². The quantitative estimate of drug-likeness (QED) is 0.614. The summed E-state index contributed by atoms with van der Waals surface area (Å²) in [7, 11) is -3.56. The molecule has 7 nitrogen and oxygen atoms in total. The molecule has 174 valence electrons. The zero-order chi connectivity index (χ0) is 22.7. The van der Waals surface area contributed by atoms with Crippen LogP contribution in [0.3, 0.4) is 0 Å². The normalized spacial score (nSPS) is 17.0. The number of piperidine rings is 1. The second-order valence-electron chi connectivity index (χ2n) is 8.31. The Morgan fingerprint density at radius 1 is 1.16 bits per heavy atom. The number of ether oxygens (including phenoxy) is 3. The third-order valence-electron chi connectivity index (χ3n) is 5.49. The molecular weight excluding hydrogens is 452 g/mol. The fourth-order valence-corrected chi connectivity index (χ4v) is 5.80. The Morgan fingerprint density at radius 2 is 1.94 bits per heavy atom. The van der Waals surface area contributed by atoms with Crippen LogP contribution in [0.4, 0.5) is 5.69 Å². The number of nitrogens with one attached hydrogen (secondary N) is 1. The van der Waals surface area contributed by atoms with Gasteiger partial charge in [0, 0.05) is 35.8 Å². The van der Waals surface area contributed by atoms with E-state index in [-0.39, 0.29) is 17.8 Å². The van der Waals surface area contributed by atoms with Crippen LogP contribution in [0, 0.1) is 0 Å². The number of rotatable bonds is 7. The molecule has 2 heterocycles. The Bertz CT molecular complexity index is 1070. The van der Waals surface area contributed by atoms with Gasteiger partial charge in [0.05, 0.1) is 23.3 Å². The zero-order valence-corrected chi connectivity index (χ0v) is 20.0. The molecule has 0 atom stereocenters. The summed E-state index contributed by atoms with van der Waals surface area (Å²) in [6, 6.07) is 8.67. The fourth-order valence-electron chi connectivity index (χ4n) is 4.00. The predicted molar refractivity (Wildman–Crippen MR) is 124 cm³/mol. The molecule has 2 aliphatic rings. The molecule has 2 aromatic carbocycles. The lowest BCUT2D eigenvalue weighted by atomic mass is 10.1. The average molecular weight is 481 g/mol. The van der Waals surface area contributed by atoms with Crippen molar-refractivity contribution in [1.82, 2.24) is 4.31 Å². The van der Waals surface area contributed by atoms with Crippen LogP contribution in [0.15, 0.2) is 35.2 Å². The smallest absolute Gasteiger partial charge is 0.243 e. The van der Waals surface area contributed by atoms with E-state index in [9.17, 15) is 8.42 Å². The minimum Gasteiger partial charge on any atom is -0.489 e. The Morgan fingerprint density at radius 3 is 2.69 bits per heavy atom. The van der Waals surface area contributed by atoms with Gasteiger partial charge in [-0.05, 0) is 57.0 Å². The van der Waals surface area contributed by atoms with Crippen molar-refractivity contribution in [2.45, 2.75) is 57.3 Å². The number of hydrogen-bond donors (Lipinski definition) is 1. The Balaban J connectivity index is 1.63. The van der Waals surface area contributed by atoms with Gasteiger partial charge in [-0.1, -0.05) is 18.0 Å². The van der Waals surface area contributed by atoms with Gasteiger partial charge in [0.1, 0.15) is 11.5 Å². The highest BCUT2D eigenvalue weighted by atomic mass is 35.5. The van der Waals surface area contributed by atoms with Gasteiger partial charge in [-0.3, -0.25) is 0 Å². The minimum atomic E-state index is -3.56. The summed E-state index contributed by atoms with van der Waals surface area (Å²) in [5.41, 5.74) is 2.37. The predicted octanol–water partition coefficient (Wildman–Crippen LogP) is 4.78. The first-order valence-corrected chi connectivity index (χ1v) is 12.7. The van der Waals surface area contributed by atoms with Crippen LogP contribution < -0.4 is 14.8 Å². The van der Waals surface area contributed by atoms with Crippen LogP contribution in [0.1, 0.15) is 44.2 Å². The maximum atomic E-state index is 13.2. The highest BCUT2D eigenvalue weighted by molar-refractivity contribution is 7.89. The van der Waals surface area contributed by atoms with E-state index in [1.807, 2.05) is 26.0 Å². The van der Waals surface area contributed by atoms with Crippen LogP contribution in [-0.2, 0) is 27.9 Å². The molecule has 0 saturated carbocycles. The number of hydrogen-bond acceptors (Lipinski definition) is 6. The lowest BCUT2D eigenvalue weighted by Gasteiger charge is -2.26. The van der Waals surface area contributed by atoms with E-state index in [1.54, 1.807) is 22.5 Å². The minimum absolute atomic E-state index is 0.0560.